The van der Waals surface area contributed by atoms with E-state index >= 15 is 0 Å². The average molecular weight is 427 g/mol. The zero-order valence-corrected chi connectivity index (χ0v) is 18.4. The zero-order chi connectivity index (χ0) is 22.7. The highest BCUT2D eigenvalue weighted by Gasteiger charge is 2.20. The quantitative estimate of drug-likeness (QED) is 0.398. The first kappa shape index (κ1) is 21.3. The summed E-state index contributed by atoms with van der Waals surface area (Å²) in [6.07, 6.45) is 0. The van der Waals surface area contributed by atoms with E-state index in [9.17, 15) is 9.90 Å². The summed E-state index contributed by atoms with van der Waals surface area (Å²) >= 11 is 0. The molecule has 0 radical (unpaired) electrons. The van der Waals surface area contributed by atoms with Crippen LogP contribution in [0.1, 0.15) is 27.0 Å². The minimum atomic E-state index is -0.187. The summed E-state index contributed by atoms with van der Waals surface area (Å²) in [6.45, 7) is 0.803. The van der Waals surface area contributed by atoms with Crippen LogP contribution in [0.2, 0.25) is 0 Å². The molecule has 4 rings (SSSR count). The van der Waals surface area contributed by atoms with Crippen molar-refractivity contribution in [3.05, 3.63) is 95.1 Å². The molecule has 0 bridgehead atoms. The summed E-state index contributed by atoms with van der Waals surface area (Å²) in [6, 6.07) is 23.1. The minimum Gasteiger partial charge on any atom is -0.494 e. The Morgan fingerprint density at radius 2 is 1.78 bits per heavy atom. The highest BCUT2D eigenvalue weighted by atomic mass is 16.3. The predicted octanol–water partition coefficient (Wildman–Crippen LogP) is 4.46. The number of aromatic hydroxyl groups is 1. The number of carbonyl (C=O) groups is 1. The van der Waals surface area contributed by atoms with E-state index in [0.717, 1.165) is 34.3 Å². The van der Waals surface area contributed by atoms with Crippen LogP contribution in [0.3, 0.4) is 0 Å². The van der Waals surface area contributed by atoms with Gasteiger partial charge in [0.2, 0.25) is 0 Å². The molecule has 1 aromatic heterocycles. The third kappa shape index (κ3) is 4.40. The zero-order valence-electron chi connectivity index (χ0n) is 18.4. The van der Waals surface area contributed by atoms with Gasteiger partial charge in [-0.25, -0.2) is 4.99 Å². The molecule has 1 amide bonds. The Labute approximate surface area is 187 Å². The number of nitrogens with zero attached hydrogens (tertiary/aromatic N) is 2. The second-order valence-electron chi connectivity index (χ2n) is 7.92. The first-order chi connectivity index (χ1) is 15.5. The molecule has 0 fully saturated rings. The second kappa shape index (κ2) is 9.08. The maximum absolute atomic E-state index is 12.2. The molecule has 6 nitrogen and oxygen atoms in total. The Morgan fingerprint density at radius 3 is 2.50 bits per heavy atom. The van der Waals surface area contributed by atoms with E-state index < -0.39 is 0 Å². The van der Waals surface area contributed by atoms with Crippen LogP contribution in [0.5, 0.6) is 5.88 Å². The van der Waals surface area contributed by atoms with Gasteiger partial charge in [-0.05, 0) is 50.0 Å². The lowest BCUT2D eigenvalue weighted by molar-refractivity contribution is 0.0963. The van der Waals surface area contributed by atoms with Crippen molar-refractivity contribution in [2.75, 3.05) is 21.1 Å². The summed E-state index contributed by atoms with van der Waals surface area (Å²) in [5.41, 5.74) is 5.25. The van der Waals surface area contributed by atoms with Crippen molar-refractivity contribution in [3.8, 4) is 5.88 Å². The van der Waals surface area contributed by atoms with Crippen molar-refractivity contribution in [3.63, 3.8) is 0 Å². The fourth-order valence-electron chi connectivity index (χ4n) is 3.78. The van der Waals surface area contributed by atoms with Crippen LogP contribution in [-0.2, 0) is 6.54 Å². The number of hydrogen-bond donors (Lipinski definition) is 3. The number of hydrogen-bond acceptors (Lipinski definition) is 4. The standard InChI is InChI=1S/C26H26N4O2/c1-27-25(31)19-12-13-22-21(15-19)23(26(32)29-22)24(18-9-5-4-6-10-18)28-20-11-7-8-17(14-20)16-30(2)3/h4-15,29,32H,16H2,1-3H3,(H,27,31). The van der Waals surface area contributed by atoms with Gasteiger partial charge in [-0.1, -0.05) is 42.5 Å². The van der Waals surface area contributed by atoms with Crippen molar-refractivity contribution >= 4 is 28.2 Å². The molecular weight excluding hydrogens is 400 g/mol. The molecule has 6 heteroatoms. The Balaban J connectivity index is 1.93. The van der Waals surface area contributed by atoms with Gasteiger partial charge < -0.3 is 20.3 Å². The maximum atomic E-state index is 12.2. The average Bonchev–Trinajstić information content (AvgIpc) is 3.12. The third-order valence-electron chi connectivity index (χ3n) is 5.20. The molecule has 0 unspecified atom stereocenters. The second-order valence-corrected chi connectivity index (χ2v) is 7.92. The van der Waals surface area contributed by atoms with E-state index in [1.54, 1.807) is 25.2 Å². The molecule has 0 atom stereocenters. The number of aromatic nitrogens is 1. The molecular formula is C26H26N4O2. The fraction of sp³-hybridized carbons (Fsp3) is 0.154. The van der Waals surface area contributed by atoms with Crippen LogP contribution >= 0.6 is 0 Å². The summed E-state index contributed by atoms with van der Waals surface area (Å²) in [5.74, 6) is -0.172. The lowest BCUT2D eigenvalue weighted by Gasteiger charge is -2.11. The van der Waals surface area contributed by atoms with E-state index in [-0.39, 0.29) is 11.8 Å². The summed E-state index contributed by atoms with van der Waals surface area (Å²) in [5, 5.41) is 14.2. The first-order valence-corrected chi connectivity index (χ1v) is 10.4. The predicted molar refractivity (Wildman–Crippen MR) is 129 cm³/mol. The third-order valence-corrected chi connectivity index (χ3v) is 5.20. The summed E-state index contributed by atoms with van der Waals surface area (Å²) in [4.78, 5) is 22.3. The van der Waals surface area contributed by atoms with E-state index in [2.05, 4.69) is 21.3 Å². The molecule has 0 saturated heterocycles. The van der Waals surface area contributed by atoms with Crippen molar-refractivity contribution in [1.29, 1.82) is 0 Å². The normalized spacial score (nSPS) is 11.8. The van der Waals surface area contributed by atoms with Gasteiger partial charge in [0.05, 0.1) is 17.0 Å². The van der Waals surface area contributed by atoms with Gasteiger partial charge in [-0.15, -0.1) is 0 Å². The van der Waals surface area contributed by atoms with Crippen LogP contribution in [-0.4, -0.2) is 47.8 Å². The van der Waals surface area contributed by atoms with Crippen LogP contribution in [0.4, 0.5) is 5.69 Å². The molecule has 162 valence electrons. The Hall–Kier alpha value is -3.90. The maximum Gasteiger partial charge on any atom is 0.251 e. The molecule has 3 aromatic carbocycles. The van der Waals surface area contributed by atoms with Gasteiger partial charge in [-0.3, -0.25) is 4.79 Å². The fourth-order valence-corrected chi connectivity index (χ4v) is 3.78. The monoisotopic (exact) mass is 426 g/mol. The summed E-state index contributed by atoms with van der Waals surface area (Å²) < 4.78 is 0. The van der Waals surface area contributed by atoms with Gasteiger partial charge in [0, 0.05) is 35.6 Å². The number of fused-ring (bicyclic) bond motifs is 1. The van der Waals surface area contributed by atoms with E-state index in [4.69, 9.17) is 4.99 Å². The molecule has 0 aliphatic heterocycles. The molecule has 0 aliphatic carbocycles. The number of carbonyl (C=O) groups excluding carboxylic acids is 1. The van der Waals surface area contributed by atoms with Crippen molar-refractivity contribution in [1.82, 2.24) is 15.2 Å². The van der Waals surface area contributed by atoms with Crippen LogP contribution in [0.15, 0.2) is 77.8 Å². The van der Waals surface area contributed by atoms with Crippen molar-refractivity contribution in [2.24, 2.45) is 4.99 Å². The van der Waals surface area contributed by atoms with Gasteiger partial charge >= 0.3 is 0 Å². The largest absolute Gasteiger partial charge is 0.494 e. The molecule has 32 heavy (non-hydrogen) atoms. The van der Waals surface area contributed by atoms with Gasteiger partial charge in [0.25, 0.3) is 5.91 Å². The number of H-pyrrole nitrogens is 1. The van der Waals surface area contributed by atoms with Crippen LogP contribution < -0.4 is 5.32 Å². The van der Waals surface area contributed by atoms with Crippen molar-refractivity contribution in [2.45, 2.75) is 6.54 Å². The minimum absolute atomic E-state index is 0.0149. The number of aliphatic imine (C=N–C) groups is 1. The number of aromatic amines is 1. The van der Waals surface area contributed by atoms with Gasteiger partial charge in [0.1, 0.15) is 0 Å². The number of rotatable bonds is 6. The topological polar surface area (TPSA) is 80.7 Å². The lowest BCUT2D eigenvalue weighted by Crippen LogP contribution is -2.17. The highest BCUT2D eigenvalue weighted by Crippen LogP contribution is 2.32. The first-order valence-electron chi connectivity index (χ1n) is 10.4. The van der Waals surface area contributed by atoms with E-state index in [0.29, 0.717) is 16.8 Å². The van der Waals surface area contributed by atoms with Crippen LogP contribution in [0, 0.1) is 0 Å². The lowest BCUT2D eigenvalue weighted by atomic mass is 9.99. The molecule has 1 heterocycles. The SMILES string of the molecule is CNC(=O)c1ccc2[nH]c(O)c(C(=Nc3cccc(CN(C)C)c3)c3ccccc3)c2c1. The Morgan fingerprint density at radius 1 is 1.00 bits per heavy atom. The van der Waals surface area contributed by atoms with Gasteiger partial charge in [0.15, 0.2) is 5.88 Å². The van der Waals surface area contributed by atoms with Crippen molar-refractivity contribution < 1.29 is 9.90 Å². The highest BCUT2D eigenvalue weighted by molar-refractivity contribution is 6.22. The molecule has 3 N–H and O–H groups in total. The number of amides is 1. The molecule has 0 spiro atoms. The molecule has 0 aliphatic rings. The molecule has 0 saturated carbocycles. The number of benzene rings is 3. The Kier molecular flexibility index (Phi) is 6.05. The van der Waals surface area contributed by atoms with E-state index in [1.165, 1.54) is 0 Å². The van der Waals surface area contributed by atoms with E-state index in [1.807, 2.05) is 62.6 Å². The Bertz CT molecular complexity index is 1290. The smallest absolute Gasteiger partial charge is 0.251 e. The summed E-state index contributed by atoms with van der Waals surface area (Å²) in [7, 11) is 5.65. The van der Waals surface area contributed by atoms with Crippen LogP contribution in [0.25, 0.3) is 10.9 Å². The number of nitrogens with one attached hydrogen (secondary N) is 2. The molecule has 4 aromatic rings. The van der Waals surface area contributed by atoms with Gasteiger partial charge in [-0.2, -0.15) is 0 Å².